The molecule has 0 aliphatic carbocycles. The van der Waals surface area contributed by atoms with Gasteiger partial charge in [-0.25, -0.2) is 0 Å². The van der Waals surface area contributed by atoms with E-state index in [1.807, 2.05) is 24.2 Å². The number of rotatable bonds is 5. The number of carbonyl (C=O) groups excluding carboxylic acids is 1. The highest BCUT2D eigenvalue weighted by Crippen LogP contribution is 2.16. The second kappa shape index (κ2) is 6.96. The molecule has 1 aromatic carbocycles. The summed E-state index contributed by atoms with van der Waals surface area (Å²) >= 11 is 0. The van der Waals surface area contributed by atoms with Crippen molar-refractivity contribution < 1.29 is 4.79 Å². The van der Waals surface area contributed by atoms with E-state index in [2.05, 4.69) is 46.3 Å². The van der Waals surface area contributed by atoms with Gasteiger partial charge >= 0.3 is 0 Å². The molecule has 1 aliphatic rings. The lowest BCUT2D eigenvalue weighted by Gasteiger charge is -2.39. The first-order valence-corrected chi connectivity index (χ1v) is 8.19. The highest BCUT2D eigenvalue weighted by atomic mass is 16.2. The van der Waals surface area contributed by atoms with Crippen molar-refractivity contribution in [1.29, 1.82) is 0 Å². The Hall–Kier alpha value is -2.14. The molecule has 2 aromatic rings. The highest BCUT2D eigenvalue weighted by Gasteiger charge is 2.30. The summed E-state index contributed by atoms with van der Waals surface area (Å²) in [6.45, 7) is 7.42. The number of aromatic nitrogens is 2. The maximum atomic E-state index is 12.7. The summed E-state index contributed by atoms with van der Waals surface area (Å²) in [6, 6.07) is 8.33. The molecule has 1 unspecified atom stereocenters. The molecule has 0 saturated carbocycles. The maximum absolute atomic E-state index is 12.7. The number of aromatic amines is 1. The van der Waals surface area contributed by atoms with E-state index >= 15 is 0 Å². The third kappa shape index (κ3) is 3.79. The van der Waals surface area contributed by atoms with Crippen LogP contribution in [-0.2, 0) is 17.8 Å². The molecule has 1 fully saturated rings. The van der Waals surface area contributed by atoms with Crippen molar-refractivity contribution in [2.75, 3.05) is 19.6 Å². The lowest BCUT2D eigenvalue weighted by molar-refractivity contribution is -0.141. The largest absolute Gasteiger partial charge is 0.336 e. The van der Waals surface area contributed by atoms with E-state index in [9.17, 15) is 4.79 Å². The van der Waals surface area contributed by atoms with Gasteiger partial charge < -0.3 is 4.90 Å². The molecule has 1 atom stereocenters. The van der Waals surface area contributed by atoms with Gasteiger partial charge in [-0.05, 0) is 31.4 Å². The van der Waals surface area contributed by atoms with Gasteiger partial charge in [-0.15, -0.1) is 0 Å². The van der Waals surface area contributed by atoms with Gasteiger partial charge in [-0.3, -0.25) is 14.8 Å². The molecule has 1 N–H and O–H groups in total. The molecule has 0 radical (unpaired) electrons. The van der Waals surface area contributed by atoms with Crippen LogP contribution >= 0.6 is 0 Å². The van der Waals surface area contributed by atoms with Gasteiger partial charge in [0.1, 0.15) is 0 Å². The molecular formula is C18H24N4O. The van der Waals surface area contributed by atoms with Gasteiger partial charge in [0, 0.05) is 32.4 Å². The van der Waals surface area contributed by atoms with Gasteiger partial charge in [-0.1, -0.05) is 29.8 Å². The van der Waals surface area contributed by atoms with Crippen LogP contribution in [0.25, 0.3) is 0 Å². The summed E-state index contributed by atoms with van der Waals surface area (Å²) in [5, 5.41) is 6.80. The molecule has 2 heterocycles. The highest BCUT2D eigenvalue weighted by molar-refractivity contribution is 5.82. The standard InChI is InChI=1S/C18H24N4O/c1-14-4-3-5-16(10-14)13-22-9-8-21(15(2)18(22)23)7-6-17-11-19-20-12-17/h3-5,10-12,15H,6-9,13H2,1-2H3,(H,19,20). The van der Waals surface area contributed by atoms with Crippen LogP contribution in [0.2, 0.25) is 0 Å². The van der Waals surface area contributed by atoms with E-state index < -0.39 is 0 Å². The number of amides is 1. The predicted molar refractivity (Wildman–Crippen MR) is 89.9 cm³/mol. The van der Waals surface area contributed by atoms with Crippen LogP contribution in [0, 0.1) is 6.92 Å². The summed E-state index contributed by atoms with van der Waals surface area (Å²) in [5.41, 5.74) is 3.63. The maximum Gasteiger partial charge on any atom is 0.239 e. The van der Waals surface area contributed by atoms with Gasteiger partial charge in [0.15, 0.2) is 0 Å². The van der Waals surface area contributed by atoms with Crippen molar-refractivity contribution in [3.05, 3.63) is 53.3 Å². The molecule has 5 heteroatoms. The van der Waals surface area contributed by atoms with Gasteiger partial charge in [0.25, 0.3) is 0 Å². The molecule has 5 nitrogen and oxygen atoms in total. The number of hydrogen-bond donors (Lipinski definition) is 1. The Balaban J connectivity index is 1.57. The van der Waals surface area contributed by atoms with E-state index in [-0.39, 0.29) is 11.9 Å². The van der Waals surface area contributed by atoms with Crippen LogP contribution in [0.15, 0.2) is 36.7 Å². The van der Waals surface area contributed by atoms with E-state index in [1.165, 1.54) is 16.7 Å². The van der Waals surface area contributed by atoms with Crippen LogP contribution < -0.4 is 0 Å². The van der Waals surface area contributed by atoms with Gasteiger partial charge in [0.05, 0.1) is 12.2 Å². The van der Waals surface area contributed by atoms with Crippen molar-refractivity contribution in [1.82, 2.24) is 20.0 Å². The minimum absolute atomic E-state index is 0.0551. The van der Waals surface area contributed by atoms with Crippen molar-refractivity contribution in [2.24, 2.45) is 0 Å². The number of nitrogens with zero attached hydrogens (tertiary/aromatic N) is 3. The zero-order chi connectivity index (χ0) is 16.2. The number of carbonyl (C=O) groups is 1. The molecule has 3 rings (SSSR count). The fraction of sp³-hybridized carbons (Fsp3) is 0.444. The van der Waals surface area contributed by atoms with Gasteiger partial charge in [-0.2, -0.15) is 5.10 Å². The Morgan fingerprint density at radius 1 is 1.30 bits per heavy atom. The summed E-state index contributed by atoms with van der Waals surface area (Å²) in [4.78, 5) is 16.9. The first-order chi connectivity index (χ1) is 11.1. The average Bonchev–Trinajstić information content (AvgIpc) is 3.05. The number of benzene rings is 1. The Morgan fingerprint density at radius 3 is 2.91 bits per heavy atom. The molecule has 1 saturated heterocycles. The Labute approximate surface area is 137 Å². The fourth-order valence-electron chi connectivity index (χ4n) is 3.15. The fourth-order valence-corrected chi connectivity index (χ4v) is 3.15. The zero-order valence-corrected chi connectivity index (χ0v) is 13.8. The zero-order valence-electron chi connectivity index (χ0n) is 13.8. The first kappa shape index (κ1) is 15.7. The van der Waals surface area contributed by atoms with Gasteiger partial charge in [0.2, 0.25) is 5.91 Å². The van der Waals surface area contributed by atoms with Crippen LogP contribution in [0.4, 0.5) is 0 Å². The van der Waals surface area contributed by atoms with Crippen LogP contribution in [0.5, 0.6) is 0 Å². The molecule has 0 bridgehead atoms. The number of piperazine rings is 1. The lowest BCUT2D eigenvalue weighted by atomic mass is 10.1. The normalized spacial score (nSPS) is 19.3. The molecule has 122 valence electrons. The smallest absolute Gasteiger partial charge is 0.239 e. The third-order valence-corrected chi connectivity index (χ3v) is 4.57. The number of H-pyrrole nitrogens is 1. The molecule has 1 aliphatic heterocycles. The predicted octanol–water partition coefficient (Wildman–Crippen LogP) is 1.99. The molecule has 1 aromatic heterocycles. The third-order valence-electron chi connectivity index (χ3n) is 4.57. The SMILES string of the molecule is Cc1cccc(CN2CCN(CCc3cn[nH]c3)C(C)C2=O)c1. The van der Waals surface area contributed by atoms with Crippen molar-refractivity contribution in [2.45, 2.75) is 32.9 Å². The Bertz CT molecular complexity index is 653. The second-order valence-electron chi connectivity index (χ2n) is 6.32. The summed E-state index contributed by atoms with van der Waals surface area (Å²) < 4.78 is 0. The summed E-state index contributed by atoms with van der Waals surface area (Å²) in [5.74, 6) is 0.227. The average molecular weight is 312 g/mol. The van der Waals surface area contributed by atoms with Crippen LogP contribution in [0.3, 0.4) is 0 Å². The Kier molecular flexibility index (Phi) is 4.76. The monoisotopic (exact) mass is 312 g/mol. The quantitative estimate of drug-likeness (QED) is 0.918. The van der Waals surface area contributed by atoms with Crippen molar-refractivity contribution in [3.8, 4) is 0 Å². The van der Waals surface area contributed by atoms with Crippen LogP contribution in [-0.4, -0.2) is 51.6 Å². The number of nitrogens with one attached hydrogen (secondary N) is 1. The van der Waals surface area contributed by atoms with E-state index in [1.54, 1.807) is 0 Å². The Morgan fingerprint density at radius 2 is 2.17 bits per heavy atom. The number of aryl methyl sites for hydroxylation is 1. The molecular weight excluding hydrogens is 288 g/mol. The van der Waals surface area contributed by atoms with Crippen LogP contribution in [0.1, 0.15) is 23.6 Å². The van der Waals surface area contributed by atoms with E-state index in [4.69, 9.17) is 0 Å². The van der Waals surface area contributed by atoms with Crippen molar-refractivity contribution in [3.63, 3.8) is 0 Å². The summed E-state index contributed by atoms with van der Waals surface area (Å²) in [6.07, 6.45) is 4.69. The molecule has 1 amide bonds. The molecule has 0 spiro atoms. The lowest BCUT2D eigenvalue weighted by Crippen LogP contribution is -2.55. The number of hydrogen-bond acceptors (Lipinski definition) is 3. The summed E-state index contributed by atoms with van der Waals surface area (Å²) in [7, 11) is 0. The first-order valence-electron chi connectivity index (χ1n) is 8.19. The minimum atomic E-state index is -0.0551. The minimum Gasteiger partial charge on any atom is -0.336 e. The van der Waals surface area contributed by atoms with E-state index in [0.717, 1.165) is 26.1 Å². The van der Waals surface area contributed by atoms with Crippen molar-refractivity contribution >= 4 is 5.91 Å². The topological polar surface area (TPSA) is 52.2 Å². The molecule has 23 heavy (non-hydrogen) atoms. The second-order valence-corrected chi connectivity index (χ2v) is 6.32. The van der Waals surface area contributed by atoms with E-state index in [0.29, 0.717) is 6.54 Å².